The van der Waals surface area contributed by atoms with Crippen molar-refractivity contribution in [2.45, 2.75) is 12.5 Å². The number of halogens is 1. The second kappa shape index (κ2) is 6.25. The third-order valence-corrected chi connectivity index (χ3v) is 4.00. The molecular formula is C15H14FN3O2S. The van der Waals surface area contributed by atoms with E-state index >= 15 is 0 Å². The number of thiazole rings is 1. The molecule has 0 bridgehead atoms. The normalized spacial score (nSPS) is 12.5. The molecule has 2 heterocycles. The standard InChI is InChI=1S/C15H14FN3O2S/c16-11-3-1-10(2-4-11)13(20)8-17-14(21)7-12-9-19-5-6-22-15(19)18-12/h1-6,9,13,20H,7-8H2,(H,17,21). The number of nitrogens with zero attached hydrogens (tertiary/aromatic N) is 2. The van der Waals surface area contributed by atoms with Crippen LogP contribution in [0.2, 0.25) is 0 Å². The van der Waals surface area contributed by atoms with Gasteiger partial charge in [-0.15, -0.1) is 11.3 Å². The molecule has 3 rings (SSSR count). The van der Waals surface area contributed by atoms with Crippen LogP contribution in [-0.2, 0) is 11.2 Å². The minimum atomic E-state index is -0.866. The largest absolute Gasteiger partial charge is 0.387 e. The van der Waals surface area contributed by atoms with Crippen LogP contribution in [0.25, 0.3) is 4.96 Å². The number of benzene rings is 1. The Kier molecular flexibility index (Phi) is 4.17. The van der Waals surface area contributed by atoms with Gasteiger partial charge in [0, 0.05) is 24.3 Å². The molecule has 2 aromatic heterocycles. The number of nitrogens with one attached hydrogen (secondary N) is 1. The molecule has 1 atom stereocenters. The predicted octanol–water partition coefficient (Wildman–Crippen LogP) is 1.93. The van der Waals surface area contributed by atoms with E-state index in [1.807, 2.05) is 22.2 Å². The van der Waals surface area contributed by atoms with Crippen molar-refractivity contribution in [1.82, 2.24) is 14.7 Å². The maximum Gasteiger partial charge on any atom is 0.226 e. The molecular weight excluding hydrogens is 305 g/mol. The lowest BCUT2D eigenvalue weighted by atomic mass is 10.1. The van der Waals surface area contributed by atoms with Crippen LogP contribution in [0.1, 0.15) is 17.4 Å². The molecule has 0 saturated heterocycles. The van der Waals surface area contributed by atoms with Crippen molar-refractivity contribution in [3.8, 4) is 0 Å². The van der Waals surface area contributed by atoms with Gasteiger partial charge < -0.3 is 10.4 Å². The van der Waals surface area contributed by atoms with Crippen LogP contribution >= 0.6 is 11.3 Å². The average Bonchev–Trinajstić information content (AvgIpc) is 3.06. The van der Waals surface area contributed by atoms with E-state index in [-0.39, 0.29) is 24.7 Å². The Morgan fingerprint density at radius 1 is 1.41 bits per heavy atom. The van der Waals surface area contributed by atoms with Gasteiger partial charge in [0.2, 0.25) is 5.91 Å². The summed E-state index contributed by atoms with van der Waals surface area (Å²) in [7, 11) is 0. The molecule has 0 saturated carbocycles. The quantitative estimate of drug-likeness (QED) is 0.755. The molecule has 2 N–H and O–H groups in total. The molecule has 1 unspecified atom stereocenters. The molecule has 7 heteroatoms. The topological polar surface area (TPSA) is 66.6 Å². The minimum absolute atomic E-state index is 0.0761. The van der Waals surface area contributed by atoms with E-state index < -0.39 is 6.10 Å². The van der Waals surface area contributed by atoms with E-state index in [2.05, 4.69) is 10.3 Å². The van der Waals surface area contributed by atoms with Gasteiger partial charge >= 0.3 is 0 Å². The second-order valence-electron chi connectivity index (χ2n) is 4.87. The van der Waals surface area contributed by atoms with Crippen molar-refractivity contribution in [3.63, 3.8) is 0 Å². The zero-order chi connectivity index (χ0) is 15.5. The molecule has 22 heavy (non-hydrogen) atoms. The lowest BCUT2D eigenvalue weighted by Gasteiger charge is -2.11. The van der Waals surface area contributed by atoms with Crippen LogP contribution in [0.5, 0.6) is 0 Å². The summed E-state index contributed by atoms with van der Waals surface area (Å²) in [4.78, 5) is 17.0. The number of rotatable bonds is 5. The number of carbonyl (C=O) groups is 1. The first kappa shape index (κ1) is 14.7. The molecule has 5 nitrogen and oxygen atoms in total. The van der Waals surface area contributed by atoms with Crippen LogP contribution in [0, 0.1) is 5.82 Å². The fraction of sp³-hybridized carbons (Fsp3) is 0.200. The van der Waals surface area contributed by atoms with Gasteiger partial charge in [-0.2, -0.15) is 0 Å². The Morgan fingerprint density at radius 2 is 2.18 bits per heavy atom. The number of amides is 1. The number of aromatic nitrogens is 2. The van der Waals surface area contributed by atoms with Gasteiger partial charge in [0.25, 0.3) is 0 Å². The molecule has 0 spiro atoms. The monoisotopic (exact) mass is 319 g/mol. The first-order chi connectivity index (χ1) is 10.6. The molecule has 1 amide bonds. The third kappa shape index (κ3) is 3.32. The van der Waals surface area contributed by atoms with E-state index in [1.54, 1.807) is 0 Å². The van der Waals surface area contributed by atoms with Crippen molar-refractivity contribution in [2.75, 3.05) is 6.54 Å². The Hall–Kier alpha value is -2.25. The summed E-state index contributed by atoms with van der Waals surface area (Å²) < 4.78 is 14.7. The minimum Gasteiger partial charge on any atom is -0.387 e. The predicted molar refractivity (Wildman–Crippen MR) is 81.1 cm³/mol. The number of imidazole rings is 1. The molecule has 0 fully saturated rings. The number of hydrogen-bond acceptors (Lipinski definition) is 4. The van der Waals surface area contributed by atoms with Crippen molar-refractivity contribution in [1.29, 1.82) is 0 Å². The number of fused-ring (bicyclic) bond motifs is 1. The van der Waals surface area contributed by atoms with Gasteiger partial charge in [0.1, 0.15) is 5.82 Å². The summed E-state index contributed by atoms with van der Waals surface area (Å²) in [5.41, 5.74) is 1.24. The fourth-order valence-electron chi connectivity index (χ4n) is 2.10. The van der Waals surface area contributed by atoms with Crippen LogP contribution < -0.4 is 5.32 Å². The Morgan fingerprint density at radius 3 is 2.91 bits per heavy atom. The number of aliphatic hydroxyl groups excluding tert-OH is 1. The van der Waals surface area contributed by atoms with Crippen LogP contribution in [0.3, 0.4) is 0 Å². The zero-order valence-electron chi connectivity index (χ0n) is 11.6. The summed E-state index contributed by atoms with van der Waals surface area (Å²) in [5, 5.41) is 14.5. The molecule has 1 aromatic carbocycles. The van der Waals surface area contributed by atoms with Gasteiger partial charge in [0.05, 0.1) is 18.2 Å². The molecule has 0 aliphatic heterocycles. The van der Waals surface area contributed by atoms with Crippen LogP contribution in [-0.4, -0.2) is 26.9 Å². The summed E-state index contributed by atoms with van der Waals surface area (Å²) in [6, 6.07) is 5.54. The van der Waals surface area contributed by atoms with E-state index in [9.17, 15) is 14.3 Å². The highest BCUT2D eigenvalue weighted by Crippen LogP contribution is 2.13. The highest BCUT2D eigenvalue weighted by atomic mass is 32.1. The van der Waals surface area contributed by atoms with Crippen LogP contribution in [0.4, 0.5) is 4.39 Å². The Bertz CT molecular complexity index is 753. The maximum atomic E-state index is 12.8. The highest BCUT2D eigenvalue weighted by Gasteiger charge is 2.12. The van der Waals surface area contributed by atoms with Gasteiger partial charge in [-0.25, -0.2) is 9.37 Å². The summed E-state index contributed by atoms with van der Waals surface area (Å²) >= 11 is 1.50. The SMILES string of the molecule is O=C(Cc1cn2ccsc2n1)NCC(O)c1ccc(F)cc1. The molecule has 0 aliphatic rings. The molecule has 0 radical (unpaired) electrons. The average molecular weight is 319 g/mol. The van der Waals surface area contributed by atoms with E-state index in [0.29, 0.717) is 11.3 Å². The highest BCUT2D eigenvalue weighted by molar-refractivity contribution is 7.15. The summed E-state index contributed by atoms with van der Waals surface area (Å²) in [5.74, 6) is -0.577. The maximum absolute atomic E-state index is 12.8. The van der Waals surface area contributed by atoms with Gasteiger partial charge in [-0.3, -0.25) is 9.20 Å². The number of hydrogen-bond donors (Lipinski definition) is 2. The molecule has 114 valence electrons. The van der Waals surface area contributed by atoms with E-state index in [0.717, 1.165) is 4.96 Å². The lowest BCUT2D eigenvalue weighted by molar-refractivity contribution is -0.120. The van der Waals surface area contributed by atoms with Crippen molar-refractivity contribution in [3.05, 3.63) is 59.1 Å². The van der Waals surface area contributed by atoms with E-state index in [1.165, 1.54) is 35.6 Å². The molecule has 0 aliphatic carbocycles. The second-order valence-corrected chi connectivity index (χ2v) is 5.75. The molecule has 3 aromatic rings. The number of carbonyl (C=O) groups excluding carboxylic acids is 1. The number of aliphatic hydroxyl groups is 1. The first-order valence-corrected chi connectivity index (χ1v) is 7.61. The van der Waals surface area contributed by atoms with E-state index in [4.69, 9.17) is 0 Å². The summed E-state index contributed by atoms with van der Waals surface area (Å²) in [6.45, 7) is 0.0761. The van der Waals surface area contributed by atoms with Crippen molar-refractivity contribution < 1.29 is 14.3 Å². The zero-order valence-corrected chi connectivity index (χ0v) is 12.4. The van der Waals surface area contributed by atoms with Crippen molar-refractivity contribution in [2.24, 2.45) is 0 Å². The summed E-state index contributed by atoms with van der Waals surface area (Å²) in [6.07, 6.45) is 2.98. The smallest absolute Gasteiger partial charge is 0.226 e. The van der Waals surface area contributed by atoms with Crippen LogP contribution in [0.15, 0.2) is 42.0 Å². The Balaban J connectivity index is 1.53. The van der Waals surface area contributed by atoms with Gasteiger partial charge in [-0.05, 0) is 17.7 Å². The Labute approximate surface area is 130 Å². The first-order valence-electron chi connectivity index (χ1n) is 6.73. The van der Waals surface area contributed by atoms with Gasteiger partial charge in [0.15, 0.2) is 4.96 Å². The fourth-order valence-corrected chi connectivity index (χ4v) is 2.82. The lowest BCUT2D eigenvalue weighted by Crippen LogP contribution is -2.29. The van der Waals surface area contributed by atoms with Crippen molar-refractivity contribution >= 4 is 22.2 Å². The van der Waals surface area contributed by atoms with Gasteiger partial charge in [-0.1, -0.05) is 12.1 Å². The third-order valence-electron chi connectivity index (χ3n) is 3.23.